The molecule has 3 fully saturated rings. The van der Waals surface area contributed by atoms with Gasteiger partial charge in [0.15, 0.2) is 0 Å². The number of rotatable bonds is 5. The number of aromatic nitrogens is 2. The molecule has 0 aliphatic carbocycles. The van der Waals surface area contributed by atoms with E-state index in [-0.39, 0.29) is 0 Å². The van der Waals surface area contributed by atoms with Crippen molar-refractivity contribution in [3.8, 4) is 0 Å². The van der Waals surface area contributed by atoms with Crippen molar-refractivity contribution < 1.29 is 0 Å². The first-order chi connectivity index (χ1) is 10.1. The molecule has 4 rings (SSSR count). The van der Waals surface area contributed by atoms with Crippen LogP contribution in [0.3, 0.4) is 0 Å². The predicted molar refractivity (Wildman–Crippen MR) is 88.5 cm³/mol. The molecule has 0 aromatic carbocycles. The highest BCUT2D eigenvalue weighted by Gasteiger charge is 2.39. The van der Waals surface area contributed by atoms with E-state index < -0.39 is 0 Å². The maximum absolute atomic E-state index is 4.57. The molecule has 3 aliphatic rings. The summed E-state index contributed by atoms with van der Waals surface area (Å²) in [5.74, 6) is 0. The Morgan fingerprint density at radius 2 is 2.05 bits per heavy atom. The molecule has 4 heterocycles. The highest BCUT2D eigenvalue weighted by atomic mass is 79.9. The summed E-state index contributed by atoms with van der Waals surface area (Å²) >= 11 is 3.72. The molecule has 6 heteroatoms. The van der Waals surface area contributed by atoms with E-state index in [2.05, 4.69) is 61.6 Å². The van der Waals surface area contributed by atoms with Crippen molar-refractivity contribution >= 4 is 15.9 Å². The molecule has 1 aromatic heterocycles. The molecular formula is C15H26BrN5. The van der Waals surface area contributed by atoms with Crippen LogP contribution in [0.15, 0.2) is 10.7 Å². The van der Waals surface area contributed by atoms with E-state index in [0.29, 0.717) is 18.1 Å². The van der Waals surface area contributed by atoms with Gasteiger partial charge in [0.1, 0.15) is 0 Å². The Morgan fingerprint density at radius 3 is 2.57 bits per heavy atom. The van der Waals surface area contributed by atoms with Gasteiger partial charge in [-0.3, -0.25) is 14.5 Å². The van der Waals surface area contributed by atoms with Crippen LogP contribution in [0, 0.1) is 0 Å². The second kappa shape index (κ2) is 6.36. The average Bonchev–Trinajstić information content (AvgIpc) is 2.88. The van der Waals surface area contributed by atoms with Gasteiger partial charge in [-0.25, -0.2) is 0 Å². The molecule has 0 spiro atoms. The Kier molecular flexibility index (Phi) is 4.69. The zero-order chi connectivity index (χ0) is 15.0. The number of nitrogens with zero attached hydrogens (tertiary/aromatic N) is 4. The number of fused-ring (bicyclic) bond motifs is 3. The lowest BCUT2D eigenvalue weighted by atomic mass is 9.97. The summed E-state index contributed by atoms with van der Waals surface area (Å²) in [6.45, 7) is 13.6. The van der Waals surface area contributed by atoms with Crippen molar-refractivity contribution in [2.45, 2.75) is 38.9 Å². The summed E-state index contributed by atoms with van der Waals surface area (Å²) in [5.41, 5.74) is 1.30. The Morgan fingerprint density at radius 1 is 1.33 bits per heavy atom. The smallest absolute Gasteiger partial charge is 0.0715 e. The van der Waals surface area contributed by atoms with Crippen LogP contribution < -0.4 is 5.32 Å². The summed E-state index contributed by atoms with van der Waals surface area (Å²) in [6.07, 6.45) is 1.94. The highest BCUT2D eigenvalue weighted by molar-refractivity contribution is 9.10. The van der Waals surface area contributed by atoms with Crippen molar-refractivity contribution in [2.75, 3.05) is 39.3 Å². The molecule has 2 unspecified atom stereocenters. The van der Waals surface area contributed by atoms with Gasteiger partial charge in [-0.15, -0.1) is 0 Å². The fourth-order valence-electron chi connectivity index (χ4n) is 3.66. The second-order valence-corrected chi connectivity index (χ2v) is 7.21. The van der Waals surface area contributed by atoms with Crippen LogP contribution in [0.5, 0.6) is 0 Å². The number of hydrogen-bond acceptors (Lipinski definition) is 4. The fourth-order valence-corrected chi connectivity index (χ4v) is 4.18. The summed E-state index contributed by atoms with van der Waals surface area (Å²) in [6, 6.07) is 1.25. The molecular weight excluding hydrogens is 330 g/mol. The number of halogens is 1. The summed E-state index contributed by atoms with van der Waals surface area (Å²) in [5, 5.41) is 8.29. The van der Waals surface area contributed by atoms with Gasteiger partial charge >= 0.3 is 0 Å². The highest BCUT2D eigenvalue weighted by Crippen LogP contribution is 2.32. The SMILES string of the molecule is CCNC(c1c(Br)cnn1C(C)C)C1CN2CCN1CC2. The Hall–Kier alpha value is -0.430. The summed E-state index contributed by atoms with van der Waals surface area (Å²) in [4.78, 5) is 5.25. The van der Waals surface area contributed by atoms with Crippen molar-refractivity contribution in [1.29, 1.82) is 0 Å². The topological polar surface area (TPSA) is 36.3 Å². The van der Waals surface area contributed by atoms with Crippen molar-refractivity contribution in [2.24, 2.45) is 0 Å². The third kappa shape index (κ3) is 2.91. The number of nitrogens with one attached hydrogen (secondary N) is 1. The molecule has 3 aliphatic heterocycles. The monoisotopic (exact) mass is 355 g/mol. The third-order valence-corrected chi connectivity index (χ3v) is 5.31. The van der Waals surface area contributed by atoms with Gasteiger partial charge in [0.25, 0.3) is 0 Å². The Labute approximate surface area is 135 Å². The van der Waals surface area contributed by atoms with Crippen LogP contribution in [-0.4, -0.2) is 64.9 Å². The van der Waals surface area contributed by atoms with Gasteiger partial charge in [0.2, 0.25) is 0 Å². The van der Waals surface area contributed by atoms with E-state index in [1.165, 1.54) is 31.9 Å². The fraction of sp³-hybridized carbons (Fsp3) is 0.800. The number of hydrogen-bond donors (Lipinski definition) is 1. The van der Waals surface area contributed by atoms with Gasteiger partial charge in [0, 0.05) is 44.8 Å². The van der Waals surface area contributed by atoms with Crippen molar-refractivity contribution in [3.63, 3.8) is 0 Å². The third-order valence-electron chi connectivity index (χ3n) is 4.70. The molecule has 118 valence electrons. The van der Waals surface area contributed by atoms with Crippen LogP contribution >= 0.6 is 15.9 Å². The first-order valence-corrected chi connectivity index (χ1v) is 8.83. The van der Waals surface area contributed by atoms with Crippen LogP contribution in [0.2, 0.25) is 0 Å². The Balaban J connectivity index is 1.93. The van der Waals surface area contributed by atoms with E-state index in [0.717, 1.165) is 17.6 Å². The molecule has 2 atom stereocenters. The molecule has 5 nitrogen and oxygen atoms in total. The molecule has 0 radical (unpaired) electrons. The predicted octanol–water partition coefficient (Wildman–Crippen LogP) is 1.88. The van der Waals surface area contributed by atoms with E-state index in [1.807, 2.05) is 6.20 Å². The van der Waals surface area contributed by atoms with Crippen LogP contribution in [0.1, 0.15) is 38.5 Å². The molecule has 2 bridgehead atoms. The van der Waals surface area contributed by atoms with Gasteiger partial charge < -0.3 is 5.32 Å². The standard InChI is InChI=1S/C15H26BrN5/c1-4-17-14(13-10-19-5-7-20(13)8-6-19)15-12(16)9-18-21(15)11(2)3/h9,11,13-14,17H,4-8,10H2,1-3H3. The Bertz CT molecular complexity index is 478. The van der Waals surface area contributed by atoms with Gasteiger partial charge in [-0.05, 0) is 36.3 Å². The van der Waals surface area contributed by atoms with E-state index in [4.69, 9.17) is 0 Å². The lowest BCUT2D eigenvalue weighted by Crippen LogP contribution is -2.64. The summed E-state index contributed by atoms with van der Waals surface area (Å²) in [7, 11) is 0. The number of likely N-dealkylation sites (N-methyl/N-ethyl adjacent to an activating group) is 1. The quantitative estimate of drug-likeness (QED) is 0.874. The van der Waals surface area contributed by atoms with E-state index in [9.17, 15) is 0 Å². The summed E-state index contributed by atoms with van der Waals surface area (Å²) < 4.78 is 3.29. The number of piperazine rings is 3. The first-order valence-electron chi connectivity index (χ1n) is 8.04. The zero-order valence-electron chi connectivity index (χ0n) is 13.2. The largest absolute Gasteiger partial charge is 0.308 e. The normalized spacial score (nSPS) is 30.0. The molecule has 0 amide bonds. The van der Waals surface area contributed by atoms with Crippen LogP contribution in [0.4, 0.5) is 0 Å². The molecule has 1 aromatic rings. The van der Waals surface area contributed by atoms with Crippen LogP contribution in [0.25, 0.3) is 0 Å². The molecule has 0 saturated carbocycles. The lowest BCUT2D eigenvalue weighted by Gasteiger charge is -2.50. The minimum Gasteiger partial charge on any atom is -0.308 e. The molecule has 21 heavy (non-hydrogen) atoms. The average molecular weight is 356 g/mol. The van der Waals surface area contributed by atoms with Crippen molar-refractivity contribution in [3.05, 3.63) is 16.4 Å². The van der Waals surface area contributed by atoms with Gasteiger partial charge in [0.05, 0.1) is 22.4 Å². The minimum absolute atomic E-state index is 0.331. The van der Waals surface area contributed by atoms with Gasteiger partial charge in [-0.1, -0.05) is 6.92 Å². The minimum atomic E-state index is 0.331. The van der Waals surface area contributed by atoms with E-state index >= 15 is 0 Å². The van der Waals surface area contributed by atoms with Gasteiger partial charge in [-0.2, -0.15) is 5.10 Å². The molecule has 1 N–H and O–H groups in total. The van der Waals surface area contributed by atoms with Crippen molar-refractivity contribution in [1.82, 2.24) is 24.9 Å². The van der Waals surface area contributed by atoms with Crippen LogP contribution in [-0.2, 0) is 0 Å². The van der Waals surface area contributed by atoms with E-state index in [1.54, 1.807) is 0 Å². The maximum atomic E-state index is 4.57. The zero-order valence-corrected chi connectivity index (χ0v) is 14.8. The maximum Gasteiger partial charge on any atom is 0.0715 e. The lowest BCUT2D eigenvalue weighted by molar-refractivity contribution is -0.00499. The first kappa shape index (κ1) is 15.5. The molecule has 3 saturated heterocycles. The second-order valence-electron chi connectivity index (χ2n) is 6.36.